The number of amides is 2. The smallest absolute Gasteiger partial charge is 0.293 e. The quantitative estimate of drug-likeness (QED) is 0.539. The topological polar surface area (TPSA) is 96.7 Å². The average Bonchev–Trinajstić information content (AvgIpc) is 3.48. The minimum Gasteiger partial charge on any atom is -0.459 e. The van der Waals surface area contributed by atoms with Crippen molar-refractivity contribution in [3.05, 3.63) is 70.9 Å². The van der Waals surface area contributed by atoms with Gasteiger partial charge in [-0.2, -0.15) is 0 Å². The number of nitrogens with zero attached hydrogens (tertiary/aromatic N) is 2. The first-order valence-corrected chi connectivity index (χ1v) is 11.1. The standard InChI is InChI=1S/C22H23FN4O4S/c23-16-5-3-15(4-6-16)18(27-7-10-30-11-8-27)13-24-20(28)12-17-14-32-22(25-17)26-21(29)19-2-1-9-31-19/h1-6,9,14,18H,7-8,10-13H2,(H,24,28)(H,25,26,29)/t18-/m1/s1. The Morgan fingerprint density at radius 2 is 1.97 bits per heavy atom. The van der Waals surface area contributed by atoms with Gasteiger partial charge in [0.15, 0.2) is 10.9 Å². The molecule has 1 atom stereocenters. The monoisotopic (exact) mass is 458 g/mol. The lowest BCUT2D eigenvalue weighted by Crippen LogP contribution is -2.44. The number of nitrogens with one attached hydrogen (secondary N) is 2. The van der Waals surface area contributed by atoms with Gasteiger partial charge in [0.05, 0.1) is 37.6 Å². The van der Waals surface area contributed by atoms with E-state index in [0.29, 0.717) is 30.6 Å². The fourth-order valence-corrected chi connectivity index (χ4v) is 4.19. The molecule has 0 aliphatic carbocycles. The van der Waals surface area contributed by atoms with Crippen molar-refractivity contribution >= 4 is 28.3 Å². The molecule has 8 nitrogen and oxygen atoms in total. The molecule has 1 aliphatic heterocycles. The van der Waals surface area contributed by atoms with Crippen molar-refractivity contribution in [2.75, 3.05) is 38.2 Å². The number of furan rings is 1. The van der Waals surface area contributed by atoms with E-state index in [4.69, 9.17) is 9.15 Å². The zero-order chi connectivity index (χ0) is 22.3. The van der Waals surface area contributed by atoms with Crippen LogP contribution in [-0.4, -0.2) is 54.5 Å². The molecule has 1 saturated heterocycles. The summed E-state index contributed by atoms with van der Waals surface area (Å²) in [7, 11) is 0. The molecule has 2 N–H and O–H groups in total. The number of halogens is 1. The first-order valence-electron chi connectivity index (χ1n) is 10.2. The summed E-state index contributed by atoms with van der Waals surface area (Å²) >= 11 is 1.24. The normalized spacial score (nSPS) is 15.3. The van der Waals surface area contributed by atoms with Gasteiger partial charge >= 0.3 is 0 Å². The maximum Gasteiger partial charge on any atom is 0.293 e. The molecular formula is C22H23FN4O4S. The minimum atomic E-state index is -0.395. The number of rotatable bonds is 8. The summed E-state index contributed by atoms with van der Waals surface area (Å²) < 4.78 is 23.9. The van der Waals surface area contributed by atoms with Crippen molar-refractivity contribution in [3.63, 3.8) is 0 Å². The average molecular weight is 459 g/mol. The van der Waals surface area contributed by atoms with Crippen LogP contribution in [0.1, 0.15) is 27.9 Å². The molecule has 168 valence electrons. The maximum atomic E-state index is 13.4. The molecule has 4 rings (SSSR count). The van der Waals surface area contributed by atoms with Crippen molar-refractivity contribution in [3.8, 4) is 0 Å². The zero-order valence-corrected chi connectivity index (χ0v) is 18.1. The second-order valence-electron chi connectivity index (χ2n) is 7.27. The van der Waals surface area contributed by atoms with Crippen molar-refractivity contribution in [2.24, 2.45) is 0 Å². The number of carbonyl (C=O) groups is 2. The van der Waals surface area contributed by atoms with Crippen LogP contribution in [0, 0.1) is 5.82 Å². The third-order valence-corrected chi connectivity index (χ3v) is 5.90. The molecule has 32 heavy (non-hydrogen) atoms. The second-order valence-corrected chi connectivity index (χ2v) is 8.13. The maximum absolute atomic E-state index is 13.4. The summed E-state index contributed by atoms with van der Waals surface area (Å²) in [4.78, 5) is 31.1. The fraction of sp³-hybridized carbons (Fsp3) is 0.318. The number of morpholine rings is 1. The Kier molecular flexibility index (Phi) is 7.25. The van der Waals surface area contributed by atoms with E-state index < -0.39 is 5.91 Å². The van der Waals surface area contributed by atoms with E-state index in [0.717, 1.165) is 18.7 Å². The molecule has 3 heterocycles. The fourth-order valence-electron chi connectivity index (χ4n) is 3.48. The van der Waals surface area contributed by atoms with Gasteiger partial charge in [-0.05, 0) is 29.8 Å². The SMILES string of the molecule is O=C(Cc1csc(NC(=O)c2ccco2)n1)NC[C@H](c1ccc(F)cc1)N1CCOCC1. The number of hydrogen-bond acceptors (Lipinski definition) is 7. The molecule has 2 amide bonds. The number of benzene rings is 1. The van der Waals surface area contributed by atoms with Crippen LogP contribution in [-0.2, 0) is 16.0 Å². The van der Waals surface area contributed by atoms with Crippen molar-refractivity contribution in [1.29, 1.82) is 0 Å². The van der Waals surface area contributed by atoms with Crippen LogP contribution in [0.15, 0.2) is 52.5 Å². The van der Waals surface area contributed by atoms with E-state index in [1.54, 1.807) is 29.6 Å². The lowest BCUT2D eigenvalue weighted by atomic mass is 10.0. The summed E-state index contributed by atoms with van der Waals surface area (Å²) in [6, 6.07) is 9.46. The third kappa shape index (κ3) is 5.78. The Balaban J connectivity index is 1.33. The lowest BCUT2D eigenvalue weighted by Gasteiger charge is -2.35. The largest absolute Gasteiger partial charge is 0.459 e. The predicted octanol–water partition coefficient (Wildman–Crippen LogP) is 2.86. The first-order chi connectivity index (χ1) is 15.6. The van der Waals surface area contributed by atoms with Gasteiger partial charge in [0.25, 0.3) is 5.91 Å². The van der Waals surface area contributed by atoms with Gasteiger partial charge < -0.3 is 14.5 Å². The number of carbonyl (C=O) groups excluding carboxylic acids is 2. The van der Waals surface area contributed by atoms with Crippen LogP contribution in [0.25, 0.3) is 0 Å². The summed E-state index contributed by atoms with van der Waals surface area (Å²) in [6.07, 6.45) is 1.51. The highest BCUT2D eigenvalue weighted by molar-refractivity contribution is 7.14. The molecule has 0 spiro atoms. The van der Waals surface area contributed by atoms with Crippen LogP contribution in [0.3, 0.4) is 0 Å². The highest BCUT2D eigenvalue weighted by Gasteiger charge is 2.23. The third-order valence-electron chi connectivity index (χ3n) is 5.09. The van der Waals surface area contributed by atoms with Crippen molar-refractivity contribution < 1.29 is 23.1 Å². The van der Waals surface area contributed by atoms with Crippen LogP contribution >= 0.6 is 11.3 Å². The van der Waals surface area contributed by atoms with Crippen molar-refractivity contribution in [1.82, 2.24) is 15.2 Å². The molecule has 0 unspecified atom stereocenters. The number of ether oxygens (including phenoxy) is 1. The van der Waals surface area contributed by atoms with Gasteiger partial charge in [-0.3, -0.25) is 19.8 Å². The van der Waals surface area contributed by atoms with E-state index >= 15 is 0 Å². The van der Waals surface area contributed by atoms with Crippen LogP contribution in [0.4, 0.5) is 9.52 Å². The van der Waals surface area contributed by atoms with E-state index in [1.807, 2.05) is 0 Å². The van der Waals surface area contributed by atoms with Crippen LogP contribution in [0.5, 0.6) is 0 Å². The Morgan fingerprint density at radius 3 is 2.69 bits per heavy atom. The molecule has 0 saturated carbocycles. The molecule has 1 aliphatic rings. The lowest BCUT2D eigenvalue weighted by molar-refractivity contribution is -0.120. The summed E-state index contributed by atoms with van der Waals surface area (Å²) in [5, 5.41) is 7.74. The Labute approximate surface area is 188 Å². The molecule has 1 aromatic carbocycles. The van der Waals surface area contributed by atoms with Crippen LogP contribution < -0.4 is 10.6 Å². The van der Waals surface area contributed by atoms with Gasteiger partial charge in [0.2, 0.25) is 5.91 Å². The van der Waals surface area contributed by atoms with E-state index in [1.165, 1.54) is 29.7 Å². The van der Waals surface area contributed by atoms with E-state index in [2.05, 4.69) is 20.5 Å². The summed E-state index contributed by atoms with van der Waals surface area (Å²) in [6.45, 7) is 3.11. The molecule has 0 radical (unpaired) electrons. The molecule has 0 bridgehead atoms. The highest BCUT2D eigenvalue weighted by atomic mass is 32.1. The Bertz CT molecular complexity index is 1030. The zero-order valence-electron chi connectivity index (χ0n) is 17.3. The Morgan fingerprint density at radius 1 is 1.19 bits per heavy atom. The number of thiazole rings is 1. The molecular weight excluding hydrogens is 435 g/mol. The summed E-state index contributed by atoms with van der Waals surface area (Å²) in [5.41, 5.74) is 1.50. The second kappa shape index (κ2) is 10.5. The Hall–Kier alpha value is -3.08. The molecule has 3 aromatic rings. The van der Waals surface area contributed by atoms with Gasteiger partial charge in [-0.1, -0.05) is 12.1 Å². The predicted molar refractivity (Wildman–Crippen MR) is 117 cm³/mol. The molecule has 2 aromatic heterocycles. The van der Waals surface area contributed by atoms with Gasteiger partial charge in [-0.15, -0.1) is 11.3 Å². The highest BCUT2D eigenvalue weighted by Crippen LogP contribution is 2.22. The minimum absolute atomic E-state index is 0.0815. The van der Waals surface area contributed by atoms with Gasteiger partial charge in [0, 0.05) is 25.0 Å². The summed E-state index contributed by atoms with van der Waals surface area (Å²) in [5.74, 6) is -0.681. The number of aromatic nitrogens is 1. The van der Waals surface area contributed by atoms with Gasteiger partial charge in [0.1, 0.15) is 5.82 Å². The first kappa shape index (κ1) is 22.1. The van der Waals surface area contributed by atoms with Crippen molar-refractivity contribution in [2.45, 2.75) is 12.5 Å². The van der Waals surface area contributed by atoms with Gasteiger partial charge in [-0.25, -0.2) is 9.37 Å². The van der Waals surface area contributed by atoms with E-state index in [9.17, 15) is 14.0 Å². The molecule has 1 fully saturated rings. The number of anilines is 1. The number of hydrogen-bond donors (Lipinski definition) is 2. The van der Waals surface area contributed by atoms with E-state index in [-0.39, 0.29) is 29.9 Å². The molecule has 10 heteroatoms. The van der Waals surface area contributed by atoms with Crippen LogP contribution in [0.2, 0.25) is 0 Å².